The standard InChI is InChI=1S/C17H22N6O2/c1-3-21(2)17(25)23-8-6-22(7-9-23)14-11-19-10-12-4-5-13(16(18)24)20-15(12)14/h4-5,10-11H,3,6-9H2,1-2H3,(H2,18,24). The fourth-order valence-corrected chi connectivity index (χ4v) is 2.91. The van der Waals surface area contributed by atoms with Gasteiger partial charge in [-0.25, -0.2) is 9.78 Å². The molecule has 0 aromatic carbocycles. The van der Waals surface area contributed by atoms with E-state index in [2.05, 4.69) is 14.9 Å². The highest BCUT2D eigenvalue weighted by Crippen LogP contribution is 2.25. The zero-order valence-corrected chi connectivity index (χ0v) is 14.5. The molecule has 3 heterocycles. The van der Waals surface area contributed by atoms with Crippen molar-refractivity contribution >= 4 is 28.5 Å². The summed E-state index contributed by atoms with van der Waals surface area (Å²) in [7, 11) is 1.80. The molecule has 8 nitrogen and oxygen atoms in total. The summed E-state index contributed by atoms with van der Waals surface area (Å²) in [6.45, 7) is 5.29. The monoisotopic (exact) mass is 342 g/mol. The summed E-state index contributed by atoms with van der Waals surface area (Å²) in [5.74, 6) is -0.553. The number of primary amides is 1. The average Bonchev–Trinajstić information content (AvgIpc) is 2.66. The van der Waals surface area contributed by atoms with Crippen molar-refractivity contribution in [1.29, 1.82) is 0 Å². The Morgan fingerprint density at radius 2 is 1.92 bits per heavy atom. The van der Waals surface area contributed by atoms with E-state index in [4.69, 9.17) is 5.73 Å². The van der Waals surface area contributed by atoms with Gasteiger partial charge >= 0.3 is 6.03 Å². The lowest BCUT2D eigenvalue weighted by Crippen LogP contribution is -2.52. The van der Waals surface area contributed by atoms with Gasteiger partial charge in [0.2, 0.25) is 0 Å². The lowest BCUT2D eigenvalue weighted by Gasteiger charge is -2.37. The molecule has 1 fully saturated rings. The zero-order valence-electron chi connectivity index (χ0n) is 14.5. The van der Waals surface area contributed by atoms with Gasteiger partial charge in [0.05, 0.1) is 17.4 Å². The largest absolute Gasteiger partial charge is 0.365 e. The van der Waals surface area contributed by atoms with E-state index in [1.807, 2.05) is 11.8 Å². The van der Waals surface area contributed by atoms with Gasteiger partial charge in [0.25, 0.3) is 5.91 Å². The quantitative estimate of drug-likeness (QED) is 0.895. The van der Waals surface area contributed by atoms with Gasteiger partial charge in [-0.2, -0.15) is 0 Å². The number of rotatable bonds is 3. The van der Waals surface area contributed by atoms with Crippen LogP contribution in [0.2, 0.25) is 0 Å². The Bertz CT molecular complexity index is 801. The van der Waals surface area contributed by atoms with Gasteiger partial charge in [0.15, 0.2) is 0 Å². The number of hydrogen-bond acceptors (Lipinski definition) is 5. The van der Waals surface area contributed by atoms with Crippen LogP contribution in [0, 0.1) is 0 Å². The molecular weight excluding hydrogens is 320 g/mol. The molecular formula is C17H22N6O2. The van der Waals surface area contributed by atoms with E-state index in [9.17, 15) is 9.59 Å². The van der Waals surface area contributed by atoms with Crippen molar-refractivity contribution in [3.05, 3.63) is 30.2 Å². The molecule has 2 aromatic heterocycles. The fourth-order valence-electron chi connectivity index (χ4n) is 2.91. The molecule has 0 unspecified atom stereocenters. The highest BCUT2D eigenvalue weighted by Gasteiger charge is 2.24. The van der Waals surface area contributed by atoms with Crippen LogP contribution in [-0.4, -0.2) is 71.5 Å². The summed E-state index contributed by atoms with van der Waals surface area (Å²) in [5.41, 5.74) is 7.14. The Morgan fingerprint density at radius 3 is 2.56 bits per heavy atom. The summed E-state index contributed by atoms with van der Waals surface area (Å²) < 4.78 is 0. The lowest BCUT2D eigenvalue weighted by molar-refractivity contribution is 0.0996. The molecule has 0 bridgehead atoms. The topological polar surface area (TPSA) is 95.7 Å². The van der Waals surface area contributed by atoms with Gasteiger partial charge < -0.3 is 20.4 Å². The second-order valence-electron chi connectivity index (χ2n) is 6.06. The number of urea groups is 1. The first-order valence-electron chi connectivity index (χ1n) is 8.30. The number of piperazine rings is 1. The number of fused-ring (bicyclic) bond motifs is 1. The van der Waals surface area contributed by atoms with E-state index in [0.29, 0.717) is 38.2 Å². The maximum Gasteiger partial charge on any atom is 0.319 e. The Balaban J connectivity index is 1.82. The van der Waals surface area contributed by atoms with Crippen LogP contribution in [0.4, 0.5) is 10.5 Å². The van der Waals surface area contributed by atoms with Crippen LogP contribution >= 0.6 is 0 Å². The van der Waals surface area contributed by atoms with E-state index >= 15 is 0 Å². The van der Waals surface area contributed by atoms with Crippen molar-refractivity contribution in [1.82, 2.24) is 19.8 Å². The number of amides is 3. The maximum absolute atomic E-state index is 12.3. The van der Waals surface area contributed by atoms with Crippen LogP contribution in [0.25, 0.3) is 10.9 Å². The van der Waals surface area contributed by atoms with Crippen molar-refractivity contribution in [2.45, 2.75) is 6.92 Å². The van der Waals surface area contributed by atoms with Gasteiger partial charge in [-0.3, -0.25) is 9.78 Å². The summed E-state index contributed by atoms with van der Waals surface area (Å²) in [6.07, 6.45) is 3.46. The van der Waals surface area contributed by atoms with Crippen molar-refractivity contribution in [3.8, 4) is 0 Å². The zero-order chi connectivity index (χ0) is 18.0. The Kier molecular flexibility index (Phi) is 4.69. The number of nitrogens with zero attached hydrogens (tertiary/aromatic N) is 5. The van der Waals surface area contributed by atoms with Crippen LogP contribution in [0.1, 0.15) is 17.4 Å². The molecule has 25 heavy (non-hydrogen) atoms. The van der Waals surface area contributed by atoms with Gasteiger partial charge in [0, 0.05) is 51.4 Å². The molecule has 2 N–H and O–H groups in total. The first-order chi connectivity index (χ1) is 12.0. The third kappa shape index (κ3) is 3.33. The summed E-state index contributed by atoms with van der Waals surface area (Å²) in [4.78, 5) is 38.1. The molecule has 8 heteroatoms. The number of nitrogens with two attached hydrogens (primary N) is 1. The number of pyridine rings is 2. The van der Waals surface area contributed by atoms with Gasteiger partial charge in [-0.15, -0.1) is 0 Å². The van der Waals surface area contributed by atoms with E-state index in [1.54, 1.807) is 36.5 Å². The number of anilines is 1. The van der Waals surface area contributed by atoms with Crippen LogP contribution < -0.4 is 10.6 Å². The molecule has 0 saturated carbocycles. The molecule has 1 aliphatic heterocycles. The second-order valence-corrected chi connectivity index (χ2v) is 6.06. The third-order valence-electron chi connectivity index (χ3n) is 4.52. The number of carbonyl (C=O) groups is 2. The Morgan fingerprint density at radius 1 is 1.20 bits per heavy atom. The Labute approximate surface area is 146 Å². The SMILES string of the molecule is CCN(C)C(=O)N1CCN(c2cncc3ccc(C(N)=O)nc23)CC1. The highest BCUT2D eigenvalue weighted by atomic mass is 16.2. The predicted molar refractivity (Wildman–Crippen MR) is 95.5 cm³/mol. The van der Waals surface area contributed by atoms with Crippen LogP contribution in [-0.2, 0) is 0 Å². The second kappa shape index (κ2) is 6.92. The van der Waals surface area contributed by atoms with E-state index in [0.717, 1.165) is 11.1 Å². The summed E-state index contributed by atoms with van der Waals surface area (Å²) >= 11 is 0. The fraction of sp³-hybridized carbons (Fsp3) is 0.412. The molecule has 0 spiro atoms. The van der Waals surface area contributed by atoms with Gasteiger partial charge in [0.1, 0.15) is 5.69 Å². The molecule has 3 amide bonds. The smallest absolute Gasteiger partial charge is 0.319 e. The summed E-state index contributed by atoms with van der Waals surface area (Å²) in [5, 5.41) is 0.853. The minimum Gasteiger partial charge on any atom is -0.365 e. The number of carbonyl (C=O) groups excluding carboxylic acids is 2. The Hall–Kier alpha value is -2.90. The molecule has 1 saturated heterocycles. The highest BCUT2D eigenvalue weighted by molar-refractivity contribution is 5.96. The molecule has 0 aliphatic carbocycles. The molecule has 3 rings (SSSR count). The summed E-state index contributed by atoms with van der Waals surface area (Å²) in [6, 6.07) is 3.45. The third-order valence-corrected chi connectivity index (χ3v) is 4.52. The number of aromatic nitrogens is 2. The van der Waals surface area contributed by atoms with Crippen molar-refractivity contribution < 1.29 is 9.59 Å². The van der Waals surface area contributed by atoms with Crippen molar-refractivity contribution in [3.63, 3.8) is 0 Å². The molecule has 2 aromatic rings. The minimum atomic E-state index is -0.553. The first-order valence-corrected chi connectivity index (χ1v) is 8.30. The van der Waals surface area contributed by atoms with Crippen LogP contribution in [0.15, 0.2) is 24.5 Å². The van der Waals surface area contributed by atoms with Crippen molar-refractivity contribution in [2.24, 2.45) is 5.73 Å². The first kappa shape index (κ1) is 16.9. The van der Waals surface area contributed by atoms with Gasteiger partial charge in [-0.05, 0) is 19.1 Å². The predicted octanol–water partition coefficient (Wildman–Crippen LogP) is 0.922. The molecule has 0 radical (unpaired) electrons. The molecule has 0 atom stereocenters. The molecule has 1 aliphatic rings. The lowest BCUT2D eigenvalue weighted by atomic mass is 10.2. The minimum absolute atomic E-state index is 0.0485. The van der Waals surface area contributed by atoms with Crippen LogP contribution in [0.3, 0.4) is 0 Å². The van der Waals surface area contributed by atoms with Crippen molar-refractivity contribution in [2.75, 3.05) is 44.7 Å². The van der Waals surface area contributed by atoms with Crippen LogP contribution in [0.5, 0.6) is 0 Å². The number of hydrogen-bond donors (Lipinski definition) is 1. The van der Waals surface area contributed by atoms with E-state index < -0.39 is 5.91 Å². The normalized spacial score (nSPS) is 14.6. The molecule has 132 valence electrons. The average molecular weight is 342 g/mol. The van der Waals surface area contributed by atoms with Gasteiger partial charge in [-0.1, -0.05) is 0 Å². The van der Waals surface area contributed by atoms with E-state index in [-0.39, 0.29) is 11.7 Å². The maximum atomic E-state index is 12.3. The van der Waals surface area contributed by atoms with E-state index in [1.165, 1.54) is 0 Å².